The second kappa shape index (κ2) is 7.27. The Kier molecular flexibility index (Phi) is 4.91. The fraction of sp³-hybridized carbons (Fsp3) is 0.105. The first-order valence-corrected chi connectivity index (χ1v) is 8.41. The highest BCUT2D eigenvalue weighted by molar-refractivity contribution is 8.00. The number of aliphatic carboxylic acids is 1. The SMILES string of the molecule is C[C@@H](Sc1nc(/C=C/c2ccccc2)nc2ccccc12)C(=O)O. The van der Waals surface area contributed by atoms with Crippen LogP contribution in [0.5, 0.6) is 0 Å². The number of nitrogens with zero attached hydrogens (tertiary/aromatic N) is 2. The molecule has 0 spiro atoms. The van der Waals surface area contributed by atoms with E-state index in [-0.39, 0.29) is 0 Å². The molecule has 0 aliphatic carbocycles. The van der Waals surface area contributed by atoms with Crippen LogP contribution < -0.4 is 0 Å². The van der Waals surface area contributed by atoms with Crippen molar-refractivity contribution >= 4 is 40.8 Å². The summed E-state index contributed by atoms with van der Waals surface area (Å²) in [6.07, 6.45) is 3.79. The molecule has 0 saturated carbocycles. The molecular weight excluding hydrogens is 320 g/mol. The standard InChI is InChI=1S/C19H16N2O2S/c1-13(19(22)23)24-18-15-9-5-6-10-16(15)20-17(21-18)12-11-14-7-3-2-4-8-14/h2-13H,1H3,(H,22,23)/b12-11+/t13-/m1/s1. The van der Waals surface area contributed by atoms with Crippen molar-refractivity contribution in [1.82, 2.24) is 9.97 Å². The van der Waals surface area contributed by atoms with Gasteiger partial charge in [-0.15, -0.1) is 0 Å². The molecule has 1 atom stereocenters. The van der Waals surface area contributed by atoms with Crippen molar-refractivity contribution in [3.8, 4) is 0 Å². The molecule has 0 aliphatic heterocycles. The summed E-state index contributed by atoms with van der Waals surface area (Å²) in [5, 5.41) is 10.1. The predicted octanol–water partition coefficient (Wildman–Crippen LogP) is 4.37. The van der Waals surface area contributed by atoms with Gasteiger partial charge in [-0.05, 0) is 24.6 Å². The molecule has 1 N–H and O–H groups in total. The highest BCUT2D eigenvalue weighted by Gasteiger charge is 2.16. The van der Waals surface area contributed by atoms with Gasteiger partial charge in [-0.25, -0.2) is 9.97 Å². The van der Waals surface area contributed by atoms with Crippen LogP contribution in [-0.4, -0.2) is 26.3 Å². The molecule has 1 aromatic heterocycles. The van der Waals surface area contributed by atoms with Crippen molar-refractivity contribution in [2.75, 3.05) is 0 Å². The van der Waals surface area contributed by atoms with E-state index in [4.69, 9.17) is 5.11 Å². The molecule has 120 valence electrons. The van der Waals surface area contributed by atoms with Gasteiger partial charge in [0, 0.05) is 5.39 Å². The van der Waals surface area contributed by atoms with Crippen molar-refractivity contribution in [2.45, 2.75) is 17.2 Å². The Bertz CT molecular complexity index is 894. The van der Waals surface area contributed by atoms with Gasteiger partial charge in [-0.3, -0.25) is 4.79 Å². The minimum Gasteiger partial charge on any atom is -0.480 e. The zero-order valence-electron chi connectivity index (χ0n) is 13.1. The highest BCUT2D eigenvalue weighted by Crippen LogP contribution is 2.29. The smallest absolute Gasteiger partial charge is 0.316 e. The Morgan fingerprint density at radius 1 is 1.04 bits per heavy atom. The number of hydrogen-bond acceptors (Lipinski definition) is 4. The molecule has 5 heteroatoms. The largest absolute Gasteiger partial charge is 0.480 e. The Balaban J connectivity index is 2.00. The van der Waals surface area contributed by atoms with Crippen molar-refractivity contribution in [3.63, 3.8) is 0 Å². The maximum absolute atomic E-state index is 11.2. The topological polar surface area (TPSA) is 63.1 Å². The number of benzene rings is 2. The first-order chi connectivity index (χ1) is 11.6. The molecule has 0 radical (unpaired) electrons. The van der Waals surface area contributed by atoms with E-state index in [1.807, 2.05) is 66.7 Å². The summed E-state index contributed by atoms with van der Waals surface area (Å²) >= 11 is 1.23. The number of carbonyl (C=O) groups is 1. The first kappa shape index (κ1) is 16.2. The quantitative estimate of drug-likeness (QED) is 0.554. The Morgan fingerprint density at radius 2 is 1.75 bits per heavy atom. The maximum Gasteiger partial charge on any atom is 0.316 e. The molecule has 24 heavy (non-hydrogen) atoms. The lowest BCUT2D eigenvalue weighted by Gasteiger charge is -2.09. The number of carboxylic acid groups (broad SMARTS) is 1. The lowest BCUT2D eigenvalue weighted by atomic mass is 10.2. The van der Waals surface area contributed by atoms with Gasteiger partial charge >= 0.3 is 5.97 Å². The third-order valence-electron chi connectivity index (χ3n) is 3.45. The van der Waals surface area contributed by atoms with E-state index in [1.54, 1.807) is 6.92 Å². The number of para-hydroxylation sites is 1. The molecule has 3 rings (SSSR count). The molecular formula is C19H16N2O2S. The second-order valence-electron chi connectivity index (χ2n) is 5.25. The molecule has 1 heterocycles. The van der Waals surface area contributed by atoms with E-state index >= 15 is 0 Å². The van der Waals surface area contributed by atoms with Crippen LogP contribution in [0.25, 0.3) is 23.1 Å². The van der Waals surface area contributed by atoms with E-state index in [2.05, 4.69) is 9.97 Å². The van der Waals surface area contributed by atoms with Crippen molar-refractivity contribution in [1.29, 1.82) is 0 Å². The first-order valence-electron chi connectivity index (χ1n) is 7.53. The third-order valence-corrected chi connectivity index (χ3v) is 4.54. The highest BCUT2D eigenvalue weighted by atomic mass is 32.2. The van der Waals surface area contributed by atoms with Crippen molar-refractivity contribution in [3.05, 3.63) is 66.0 Å². The lowest BCUT2D eigenvalue weighted by molar-refractivity contribution is -0.136. The molecule has 3 aromatic rings. The van der Waals surface area contributed by atoms with Crippen LogP contribution in [0.4, 0.5) is 0 Å². The summed E-state index contributed by atoms with van der Waals surface area (Å²) < 4.78 is 0. The summed E-state index contributed by atoms with van der Waals surface area (Å²) in [5.74, 6) is -0.290. The zero-order valence-corrected chi connectivity index (χ0v) is 13.9. The summed E-state index contributed by atoms with van der Waals surface area (Å²) in [6, 6.07) is 17.5. The van der Waals surface area contributed by atoms with E-state index in [0.717, 1.165) is 16.5 Å². The molecule has 4 nitrogen and oxygen atoms in total. The minimum atomic E-state index is -0.857. The van der Waals surface area contributed by atoms with Gasteiger partial charge in [-0.2, -0.15) is 0 Å². The average Bonchev–Trinajstić information content (AvgIpc) is 2.60. The number of thioether (sulfide) groups is 1. The molecule has 2 aromatic carbocycles. The molecule has 0 saturated heterocycles. The fourth-order valence-electron chi connectivity index (χ4n) is 2.18. The summed E-state index contributed by atoms with van der Waals surface area (Å²) in [5.41, 5.74) is 1.86. The van der Waals surface area contributed by atoms with E-state index < -0.39 is 11.2 Å². The molecule has 0 fully saturated rings. The lowest BCUT2D eigenvalue weighted by Crippen LogP contribution is -2.11. The normalized spacial score (nSPS) is 12.5. The number of rotatable bonds is 5. The average molecular weight is 336 g/mol. The van der Waals surface area contributed by atoms with Gasteiger partial charge in [-0.1, -0.05) is 66.4 Å². The molecule has 0 unspecified atom stereocenters. The van der Waals surface area contributed by atoms with E-state index in [9.17, 15) is 4.79 Å². The fourth-order valence-corrected chi connectivity index (χ4v) is 3.06. The number of carboxylic acids is 1. The van der Waals surface area contributed by atoms with Gasteiger partial charge < -0.3 is 5.11 Å². The van der Waals surface area contributed by atoms with Gasteiger partial charge in [0.25, 0.3) is 0 Å². The van der Waals surface area contributed by atoms with Crippen molar-refractivity contribution in [2.24, 2.45) is 0 Å². The Labute approximate surface area is 144 Å². The predicted molar refractivity (Wildman–Crippen MR) is 97.9 cm³/mol. The molecule has 0 bridgehead atoms. The van der Waals surface area contributed by atoms with Crippen LogP contribution >= 0.6 is 11.8 Å². The minimum absolute atomic E-state index is 0.567. The van der Waals surface area contributed by atoms with Crippen molar-refractivity contribution < 1.29 is 9.90 Å². The van der Waals surface area contributed by atoms with Crippen LogP contribution in [0, 0.1) is 0 Å². The van der Waals surface area contributed by atoms with Crippen LogP contribution in [-0.2, 0) is 4.79 Å². The summed E-state index contributed by atoms with van der Waals surface area (Å²) in [7, 11) is 0. The Morgan fingerprint density at radius 3 is 2.50 bits per heavy atom. The number of fused-ring (bicyclic) bond motifs is 1. The van der Waals surface area contributed by atoms with Gasteiger partial charge in [0.2, 0.25) is 0 Å². The Hall–Kier alpha value is -2.66. The molecule has 0 amide bonds. The third kappa shape index (κ3) is 3.81. The monoisotopic (exact) mass is 336 g/mol. The van der Waals surface area contributed by atoms with Crippen LogP contribution in [0.1, 0.15) is 18.3 Å². The van der Waals surface area contributed by atoms with Gasteiger partial charge in [0.05, 0.1) is 5.52 Å². The van der Waals surface area contributed by atoms with Gasteiger partial charge in [0.1, 0.15) is 10.3 Å². The number of hydrogen-bond donors (Lipinski definition) is 1. The van der Waals surface area contributed by atoms with Crippen LogP contribution in [0.15, 0.2) is 59.6 Å². The maximum atomic E-state index is 11.2. The summed E-state index contributed by atoms with van der Waals surface area (Å²) in [4.78, 5) is 20.2. The van der Waals surface area contributed by atoms with E-state index in [0.29, 0.717) is 10.9 Å². The molecule has 0 aliphatic rings. The van der Waals surface area contributed by atoms with Crippen LogP contribution in [0.3, 0.4) is 0 Å². The second-order valence-corrected chi connectivity index (χ2v) is 6.58. The van der Waals surface area contributed by atoms with Crippen LogP contribution in [0.2, 0.25) is 0 Å². The van der Waals surface area contributed by atoms with E-state index in [1.165, 1.54) is 11.8 Å². The number of aromatic nitrogens is 2. The zero-order chi connectivity index (χ0) is 16.9. The van der Waals surface area contributed by atoms with Gasteiger partial charge in [0.15, 0.2) is 5.82 Å². The summed E-state index contributed by atoms with van der Waals surface area (Å²) in [6.45, 7) is 1.66.